The fraction of sp³-hybridized carbons (Fsp3) is 0.667. The Morgan fingerprint density at radius 1 is 1.22 bits per heavy atom. The standard InChI is InChI=1S/C15H25BrN2/c1-3-6-15(18-9-4-2)8-5-7-13-10-14(16)12-17-11-13/h10-12,15,18H,3-9H2,1-2H3. The lowest BCUT2D eigenvalue weighted by Gasteiger charge is -2.17. The molecule has 0 bridgehead atoms. The van der Waals surface area contributed by atoms with Gasteiger partial charge in [0.05, 0.1) is 0 Å². The van der Waals surface area contributed by atoms with Crippen LogP contribution < -0.4 is 5.32 Å². The number of hydrogen-bond donors (Lipinski definition) is 1. The molecular formula is C15H25BrN2. The van der Waals surface area contributed by atoms with Crippen molar-refractivity contribution in [3.8, 4) is 0 Å². The maximum Gasteiger partial charge on any atom is 0.0410 e. The van der Waals surface area contributed by atoms with E-state index in [1.54, 1.807) is 0 Å². The zero-order chi connectivity index (χ0) is 13.2. The smallest absolute Gasteiger partial charge is 0.0410 e. The first-order chi connectivity index (χ1) is 8.76. The molecule has 0 saturated heterocycles. The summed E-state index contributed by atoms with van der Waals surface area (Å²) in [6.45, 7) is 5.63. The Morgan fingerprint density at radius 3 is 2.72 bits per heavy atom. The number of rotatable bonds is 9. The monoisotopic (exact) mass is 312 g/mol. The van der Waals surface area contributed by atoms with Crippen LogP contribution in [0.3, 0.4) is 0 Å². The topological polar surface area (TPSA) is 24.9 Å². The molecule has 1 unspecified atom stereocenters. The highest BCUT2D eigenvalue weighted by Gasteiger charge is 2.06. The van der Waals surface area contributed by atoms with E-state index in [4.69, 9.17) is 0 Å². The third kappa shape index (κ3) is 6.50. The van der Waals surface area contributed by atoms with Gasteiger partial charge >= 0.3 is 0 Å². The molecule has 1 rings (SSSR count). The van der Waals surface area contributed by atoms with Crippen molar-refractivity contribution in [2.24, 2.45) is 0 Å². The molecule has 2 nitrogen and oxygen atoms in total. The summed E-state index contributed by atoms with van der Waals surface area (Å²) in [6, 6.07) is 2.86. The Balaban J connectivity index is 2.29. The van der Waals surface area contributed by atoms with Crippen molar-refractivity contribution in [3.63, 3.8) is 0 Å². The summed E-state index contributed by atoms with van der Waals surface area (Å²) in [4.78, 5) is 4.21. The Bertz CT molecular complexity index is 328. The summed E-state index contributed by atoms with van der Waals surface area (Å²) in [5.74, 6) is 0. The molecule has 0 aliphatic carbocycles. The van der Waals surface area contributed by atoms with Gasteiger partial charge in [0.1, 0.15) is 0 Å². The molecule has 1 heterocycles. The van der Waals surface area contributed by atoms with E-state index in [0.29, 0.717) is 6.04 Å². The van der Waals surface area contributed by atoms with E-state index >= 15 is 0 Å². The summed E-state index contributed by atoms with van der Waals surface area (Å²) in [7, 11) is 0. The van der Waals surface area contributed by atoms with E-state index in [1.807, 2.05) is 12.4 Å². The maximum absolute atomic E-state index is 4.21. The maximum atomic E-state index is 4.21. The van der Waals surface area contributed by atoms with Crippen LogP contribution in [0.2, 0.25) is 0 Å². The van der Waals surface area contributed by atoms with Crippen LogP contribution in [-0.4, -0.2) is 17.6 Å². The first kappa shape index (κ1) is 15.6. The predicted molar refractivity (Wildman–Crippen MR) is 81.9 cm³/mol. The molecule has 0 saturated carbocycles. The van der Waals surface area contributed by atoms with E-state index in [-0.39, 0.29) is 0 Å². The van der Waals surface area contributed by atoms with Crippen LogP contribution >= 0.6 is 15.9 Å². The van der Waals surface area contributed by atoms with Crippen LogP contribution in [-0.2, 0) is 6.42 Å². The van der Waals surface area contributed by atoms with Gasteiger partial charge in [-0.05, 0) is 66.2 Å². The van der Waals surface area contributed by atoms with Gasteiger partial charge in [-0.15, -0.1) is 0 Å². The molecule has 0 spiro atoms. The second-order valence-corrected chi connectivity index (χ2v) is 5.76. The van der Waals surface area contributed by atoms with E-state index in [2.05, 4.69) is 46.1 Å². The third-order valence-corrected chi connectivity index (χ3v) is 3.53. The second-order valence-electron chi connectivity index (χ2n) is 4.84. The van der Waals surface area contributed by atoms with E-state index in [1.165, 1.54) is 37.7 Å². The minimum Gasteiger partial charge on any atom is -0.314 e. The highest BCUT2D eigenvalue weighted by Crippen LogP contribution is 2.13. The lowest BCUT2D eigenvalue weighted by Crippen LogP contribution is -2.29. The van der Waals surface area contributed by atoms with Crippen molar-refractivity contribution in [3.05, 3.63) is 28.5 Å². The van der Waals surface area contributed by atoms with Crippen LogP contribution in [0.25, 0.3) is 0 Å². The molecular weight excluding hydrogens is 288 g/mol. The van der Waals surface area contributed by atoms with Crippen molar-refractivity contribution in [1.29, 1.82) is 0 Å². The molecule has 0 amide bonds. The summed E-state index contributed by atoms with van der Waals surface area (Å²) in [5, 5.41) is 3.64. The zero-order valence-electron chi connectivity index (χ0n) is 11.6. The summed E-state index contributed by atoms with van der Waals surface area (Å²) < 4.78 is 1.08. The van der Waals surface area contributed by atoms with Crippen LogP contribution in [0.15, 0.2) is 22.9 Å². The normalized spacial score (nSPS) is 12.6. The lowest BCUT2D eigenvalue weighted by atomic mass is 10.0. The van der Waals surface area contributed by atoms with E-state index in [0.717, 1.165) is 17.4 Å². The van der Waals surface area contributed by atoms with Crippen LogP contribution in [0, 0.1) is 0 Å². The van der Waals surface area contributed by atoms with Gasteiger partial charge in [-0.25, -0.2) is 0 Å². The third-order valence-electron chi connectivity index (χ3n) is 3.10. The number of pyridine rings is 1. The Kier molecular flexibility index (Phi) is 8.27. The fourth-order valence-electron chi connectivity index (χ4n) is 2.19. The van der Waals surface area contributed by atoms with Crippen molar-refractivity contribution in [2.75, 3.05) is 6.54 Å². The van der Waals surface area contributed by atoms with Gasteiger partial charge in [0, 0.05) is 22.9 Å². The number of aryl methyl sites for hydroxylation is 1. The van der Waals surface area contributed by atoms with Crippen molar-refractivity contribution in [1.82, 2.24) is 10.3 Å². The Morgan fingerprint density at radius 2 is 2.06 bits per heavy atom. The molecule has 3 heteroatoms. The average molecular weight is 313 g/mol. The molecule has 0 fully saturated rings. The van der Waals surface area contributed by atoms with Gasteiger partial charge in [-0.2, -0.15) is 0 Å². The molecule has 0 aliphatic heterocycles. The minimum absolute atomic E-state index is 0.690. The van der Waals surface area contributed by atoms with Crippen molar-refractivity contribution in [2.45, 2.75) is 58.4 Å². The van der Waals surface area contributed by atoms with E-state index in [9.17, 15) is 0 Å². The van der Waals surface area contributed by atoms with Crippen molar-refractivity contribution >= 4 is 15.9 Å². The largest absolute Gasteiger partial charge is 0.314 e. The first-order valence-corrected chi connectivity index (χ1v) is 7.88. The van der Waals surface area contributed by atoms with Gasteiger partial charge in [-0.3, -0.25) is 4.98 Å². The molecule has 1 atom stereocenters. The molecule has 1 N–H and O–H groups in total. The average Bonchev–Trinajstić information content (AvgIpc) is 2.36. The fourth-order valence-corrected chi connectivity index (χ4v) is 2.60. The Labute approximate surface area is 120 Å². The van der Waals surface area contributed by atoms with Gasteiger partial charge in [-0.1, -0.05) is 20.3 Å². The Hall–Kier alpha value is -0.410. The number of aromatic nitrogens is 1. The molecule has 18 heavy (non-hydrogen) atoms. The molecule has 0 radical (unpaired) electrons. The molecule has 0 aromatic carbocycles. The second kappa shape index (κ2) is 9.51. The molecule has 1 aromatic heterocycles. The van der Waals surface area contributed by atoms with E-state index < -0.39 is 0 Å². The SMILES string of the molecule is CCCNC(CCC)CCCc1cncc(Br)c1. The van der Waals surface area contributed by atoms with Gasteiger partial charge in [0.15, 0.2) is 0 Å². The number of halogens is 1. The zero-order valence-corrected chi connectivity index (χ0v) is 13.2. The van der Waals surface area contributed by atoms with Crippen LogP contribution in [0.5, 0.6) is 0 Å². The summed E-state index contributed by atoms with van der Waals surface area (Å²) in [5.41, 5.74) is 1.33. The number of nitrogens with one attached hydrogen (secondary N) is 1. The minimum atomic E-state index is 0.690. The van der Waals surface area contributed by atoms with Gasteiger partial charge in [0.25, 0.3) is 0 Å². The van der Waals surface area contributed by atoms with Gasteiger partial charge < -0.3 is 5.32 Å². The predicted octanol–water partition coefficient (Wildman–Crippen LogP) is 4.34. The molecule has 1 aromatic rings. The highest BCUT2D eigenvalue weighted by molar-refractivity contribution is 9.10. The summed E-state index contributed by atoms with van der Waals surface area (Å²) in [6.07, 6.45) is 11.2. The van der Waals surface area contributed by atoms with Crippen LogP contribution in [0.4, 0.5) is 0 Å². The first-order valence-electron chi connectivity index (χ1n) is 7.09. The summed E-state index contributed by atoms with van der Waals surface area (Å²) >= 11 is 3.47. The molecule has 0 aliphatic rings. The highest BCUT2D eigenvalue weighted by atomic mass is 79.9. The molecule has 102 valence electrons. The van der Waals surface area contributed by atoms with Gasteiger partial charge in [0.2, 0.25) is 0 Å². The van der Waals surface area contributed by atoms with Crippen LogP contribution in [0.1, 0.15) is 51.5 Å². The number of nitrogens with zero attached hydrogens (tertiary/aromatic N) is 1. The lowest BCUT2D eigenvalue weighted by molar-refractivity contribution is 0.438. The van der Waals surface area contributed by atoms with Crippen molar-refractivity contribution < 1.29 is 0 Å². The number of hydrogen-bond acceptors (Lipinski definition) is 2. The quantitative estimate of drug-likeness (QED) is 0.734.